The summed E-state index contributed by atoms with van der Waals surface area (Å²) in [5.41, 5.74) is 1.05. The first-order valence-corrected chi connectivity index (χ1v) is 13.7. The summed E-state index contributed by atoms with van der Waals surface area (Å²) in [7, 11) is -1.33. The smallest absolute Gasteiger partial charge is 0.344 e. The Morgan fingerprint density at radius 3 is 2.44 bits per heavy atom. The minimum atomic E-state index is -1.33. The lowest BCUT2D eigenvalue weighted by atomic mass is 10.0. The number of likely N-dealkylation sites (tertiary alicyclic amines) is 1. The van der Waals surface area contributed by atoms with Crippen molar-refractivity contribution in [3.8, 4) is 17.6 Å². The van der Waals surface area contributed by atoms with Crippen molar-refractivity contribution in [3.05, 3.63) is 52.4 Å². The van der Waals surface area contributed by atoms with Crippen molar-refractivity contribution >= 4 is 32.1 Å². The zero-order chi connectivity index (χ0) is 22.9. The van der Waals surface area contributed by atoms with Gasteiger partial charge in [-0.25, -0.2) is 4.79 Å². The summed E-state index contributed by atoms with van der Waals surface area (Å²) in [5, 5.41) is 2.35. The predicted octanol–water partition coefficient (Wildman–Crippen LogP) is 5.94. The number of fused-ring (bicyclic) bond motifs is 3. The van der Waals surface area contributed by atoms with Crippen molar-refractivity contribution in [2.75, 3.05) is 32.1 Å². The molecule has 5 heteroatoms. The van der Waals surface area contributed by atoms with Gasteiger partial charge in [-0.3, -0.25) is 4.90 Å². The second-order valence-corrected chi connectivity index (χ2v) is 13.7. The summed E-state index contributed by atoms with van der Waals surface area (Å²) < 4.78 is 12.1. The maximum absolute atomic E-state index is 12.8. The van der Waals surface area contributed by atoms with Crippen LogP contribution in [-0.2, 0) is 0 Å². The maximum Gasteiger partial charge on any atom is 0.344 e. The highest BCUT2D eigenvalue weighted by Gasteiger charge is 2.30. The number of hydrogen-bond donors (Lipinski definition) is 0. The normalized spacial score (nSPS) is 16.0. The van der Waals surface area contributed by atoms with E-state index >= 15 is 0 Å². The van der Waals surface area contributed by atoms with Crippen LogP contribution in [0.25, 0.3) is 21.7 Å². The van der Waals surface area contributed by atoms with E-state index in [1.807, 2.05) is 36.4 Å². The van der Waals surface area contributed by atoms with Gasteiger partial charge in [0.1, 0.15) is 11.3 Å². The molecule has 1 aromatic heterocycles. The number of piperidine rings is 1. The van der Waals surface area contributed by atoms with Crippen LogP contribution in [0.4, 0.5) is 0 Å². The highest BCUT2D eigenvalue weighted by atomic mass is 32.3. The molecule has 0 radical (unpaired) electrons. The SMILES string of the molecule is CC(C)(C)S(C)(C)Oc1ccc2c(c1)oc(=O)c1cc(C#CCN3CCCCC3)ccc12. The first kappa shape index (κ1) is 22.8. The second-order valence-electron chi connectivity index (χ2n) is 9.88. The summed E-state index contributed by atoms with van der Waals surface area (Å²) in [6, 6.07) is 11.6. The van der Waals surface area contributed by atoms with Gasteiger partial charge >= 0.3 is 5.63 Å². The number of benzene rings is 2. The fraction of sp³-hybridized carbons (Fsp3) is 0.444. The zero-order valence-corrected chi connectivity index (χ0v) is 20.6. The molecule has 3 aromatic rings. The lowest BCUT2D eigenvalue weighted by Gasteiger charge is -2.43. The number of rotatable bonds is 3. The molecule has 2 heterocycles. The number of hydrogen-bond acceptors (Lipinski definition) is 4. The van der Waals surface area contributed by atoms with Gasteiger partial charge in [0.2, 0.25) is 0 Å². The van der Waals surface area contributed by atoms with Crippen LogP contribution in [0.15, 0.2) is 45.6 Å². The van der Waals surface area contributed by atoms with E-state index in [9.17, 15) is 4.79 Å². The summed E-state index contributed by atoms with van der Waals surface area (Å²) in [5.74, 6) is 7.21. The van der Waals surface area contributed by atoms with E-state index < -0.39 is 10.3 Å². The highest BCUT2D eigenvalue weighted by Crippen LogP contribution is 2.53. The molecular formula is C27H33NO3S. The summed E-state index contributed by atoms with van der Waals surface area (Å²) in [4.78, 5) is 15.2. The van der Waals surface area contributed by atoms with Crippen molar-refractivity contribution in [3.63, 3.8) is 0 Å². The molecule has 0 atom stereocenters. The van der Waals surface area contributed by atoms with Gasteiger partial charge in [0.05, 0.1) is 11.9 Å². The molecule has 1 aliphatic rings. The van der Waals surface area contributed by atoms with Crippen LogP contribution < -0.4 is 9.81 Å². The fourth-order valence-corrected chi connectivity index (χ4v) is 4.61. The molecule has 1 fully saturated rings. The van der Waals surface area contributed by atoms with E-state index in [2.05, 4.69) is 50.0 Å². The van der Waals surface area contributed by atoms with Crippen LogP contribution in [0, 0.1) is 11.8 Å². The van der Waals surface area contributed by atoms with Gasteiger partial charge in [-0.1, -0.05) is 34.6 Å². The van der Waals surface area contributed by atoms with Crippen LogP contribution in [0.3, 0.4) is 0 Å². The molecule has 0 saturated carbocycles. The van der Waals surface area contributed by atoms with Crippen LogP contribution in [-0.4, -0.2) is 41.8 Å². The molecule has 4 nitrogen and oxygen atoms in total. The molecule has 170 valence electrons. The molecule has 0 N–H and O–H groups in total. The Morgan fingerprint density at radius 2 is 1.72 bits per heavy atom. The van der Waals surface area contributed by atoms with Crippen LogP contribution in [0.2, 0.25) is 0 Å². The Labute approximate surface area is 192 Å². The largest absolute Gasteiger partial charge is 0.449 e. The van der Waals surface area contributed by atoms with Gasteiger partial charge in [-0.2, -0.15) is 0 Å². The van der Waals surface area contributed by atoms with Gasteiger partial charge in [0.25, 0.3) is 0 Å². The molecule has 0 amide bonds. The standard InChI is InChI=1S/C27H33NO3S/c1-27(2,3)32(4,5)31-21-12-14-23-22-13-11-20(10-9-17-28-15-7-6-8-16-28)18-24(22)26(29)30-25(23)19-21/h11-14,18-19H,6-8,15-17H2,1-5H3. The van der Waals surface area contributed by atoms with E-state index in [0.29, 0.717) is 11.0 Å². The molecular weight excluding hydrogens is 418 g/mol. The summed E-state index contributed by atoms with van der Waals surface area (Å²) in [6.07, 6.45) is 8.14. The molecule has 32 heavy (non-hydrogen) atoms. The first-order valence-electron chi connectivity index (χ1n) is 11.3. The average molecular weight is 452 g/mol. The minimum Gasteiger partial charge on any atom is -0.449 e. The van der Waals surface area contributed by atoms with Crippen molar-refractivity contribution in [1.82, 2.24) is 4.90 Å². The van der Waals surface area contributed by atoms with Crippen LogP contribution in [0.5, 0.6) is 5.75 Å². The lowest BCUT2D eigenvalue weighted by molar-refractivity contribution is 0.255. The van der Waals surface area contributed by atoms with E-state index in [1.165, 1.54) is 19.3 Å². The summed E-state index contributed by atoms with van der Waals surface area (Å²) in [6.45, 7) is 9.59. The fourth-order valence-electron chi connectivity index (χ4n) is 3.78. The van der Waals surface area contributed by atoms with Crippen molar-refractivity contribution in [2.45, 2.75) is 44.8 Å². The van der Waals surface area contributed by atoms with E-state index in [1.54, 1.807) is 0 Å². The molecule has 1 saturated heterocycles. The molecule has 0 aliphatic carbocycles. The molecule has 0 spiro atoms. The summed E-state index contributed by atoms with van der Waals surface area (Å²) >= 11 is 0. The van der Waals surface area contributed by atoms with Gasteiger partial charge in [-0.05, 0) is 83.5 Å². The quantitative estimate of drug-likeness (QED) is 0.281. The van der Waals surface area contributed by atoms with Crippen LogP contribution >= 0.6 is 10.3 Å². The first-order chi connectivity index (χ1) is 15.1. The topological polar surface area (TPSA) is 42.7 Å². The third-order valence-corrected chi connectivity index (χ3v) is 10.0. The van der Waals surface area contributed by atoms with Crippen molar-refractivity contribution < 1.29 is 8.60 Å². The van der Waals surface area contributed by atoms with E-state index in [0.717, 1.165) is 41.7 Å². The Kier molecular flexibility index (Phi) is 6.29. The predicted molar refractivity (Wildman–Crippen MR) is 137 cm³/mol. The Hall–Kier alpha value is -2.42. The number of nitrogens with zero attached hydrogens (tertiary/aromatic N) is 1. The van der Waals surface area contributed by atoms with Gasteiger partial charge in [0, 0.05) is 27.1 Å². The van der Waals surface area contributed by atoms with Crippen molar-refractivity contribution in [2.24, 2.45) is 0 Å². The molecule has 0 bridgehead atoms. The monoisotopic (exact) mass is 451 g/mol. The third-order valence-electron chi connectivity index (χ3n) is 6.45. The molecule has 1 aliphatic heterocycles. The van der Waals surface area contributed by atoms with Crippen molar-refractivity contribution in [1.29, 1.82) is 0 Å². The second kappa shape index (κ2) is 8.84. The van der Waals surface area contributed by atoms with Gasteiger partial charge in [-0.15, -0.1) is 0 Å². The molecule has 4 rings (SSSR count). The Balaban J connectivity index is 1.63. The third kappa shape index (κ3) is 4.82. The molecule has 0 unspecified atom stereocenters. The Morgan fingerprint density at radius 1 is 1.00 bits per heavy atom. The van der Waals surface area contributed by atoms with Gasteiger partial charge < -0.3 is 8.60 Å². The molecule has 2 aromatic carbocycles. The van der Waals surface area contributed by atoms with Gasteiger partial charge in [0.15, 0.2) is 0 Å². The average Bonchev–Trinajstić information content (AvgIpc) is 2.73. The Bertz CT molecular complexity index is 1250. The zero-order valence-electron chi connectivity index (χ0n) is 19.8. The maximum atomic E-state index is 12.8. The lowest BCUT2D eigenvalue weighted by Crippen LogP contribution is -2.29. The van der Waals surface area contributed by atoms with E-state index in [4.69, 9.17) is 8.60 Å². The van der Waals surface area contributed by atoms with E-state index in [-0.39, 0.29) is 10.4 Å². The van der Waals surface area contributed by atoms with Crippen LogP contribution in [0.1, 0.15) is 45.6 Å². The highest BCUT2D eigenvalue weighted by molar-refractivity contribution is 8.30. The minimum absolute atomic E-state index is 0.0393.